The van der Waals surface area contributed by atoms with E-state index in [1.54, 1.807) is 48.5 Å². The van der Waals surface area contributed by atoms with E-state index in [9.17, 15) is 10.2 Å². The van der Waals surface area contributed by atoms with Gasteiger partial charge in [-0.15, -0.1) is 0 Å². The Morgan fingerprint density at radius 1 is 0.650 bits per heavy atom. The van der Waals surface area contributed by atoms with E-state index in [-0.39, 0.29) is 0 Å². The average Bonchev–Trinajstić information content (AvgIpc) is 2.53. The third kappa shape index (κ3) is 2.84. The van der Waals surface area contributed by atoms with Crippen LogP contribution >= 0.6 is 0 Å². The van der Waals surface area contributed by atoms with Gasteiger partial charge in [-0.2, -0.15) is 10.5 Å². The fraction of sp³-hybridized carbons (Fsp3) is 0.125. The Kier molecular flexibility index (Phi) is 4.12. The summed E-state index contributed by atoms with van der Waals surface area (Å²) in [5.74, 6) is 0. The Labute approximate surface area is 116 Å². The van der Waals surface area contributed by atoms with Crippen LogP contribution in [0, 0.1) is 22.7 Å². The minimum absolute atomic E-state index is 0.494. The van der Waals surface area contributed by atoms with Gasteiger partial charge in [-0.25, -0.2) is 0 Å². The molecule has 0 saturated heterocycles. The van der Waals surface area contributed by atoms with Crippen LogP contribution in [0.15, 0.2) is 48.5 Å². The van der Waals surface area contributed by atoms with Gasteiger partial charge < -0.3 is 10.2 Å². The zero-order valence-electron chi connectivity index (χ0n) is 10.6. The maximum atomic E-state index is 10.1. The molecular formula is C16H12N2O2. The number of aliphatic hydroxyl groups is 2. The topological polar surface area (TPSA) is 88.0 Å². The highest BCUT2D eigenvalue weighted by Gasteiger charge is 2.20. The van der Waals surface area contributed by atoms with Crippen LogP contribution in [-0.2, 0) is 0 Å². The first-order valence-electron chi connectivity index (χ1n) is 6.02. The average molecular weight is 264 g/mol. The van der Waals surface area contributed by atoms with Crippen molar-refractivity contribution in [1.29, 1.82) is 10.5 Å². The van der Waals surface area contributed by atoms with Gasteiger partial charge in [0.15, 0.2) is 0 Å². The summed E-state index contributed by atoms with van der Waals surface area (Å²) < 4.78 is 0. The molecule has 20 heavy (non-hydrogen) atoms. The molecule has 0 amide bonds. The highest BCUT2D eigenvalue weighted by molar-refractivity contribution is 5.35. The maximum absolute atomic E-state index is 10.1. The van der Waals surface area contributed by atoms with Crippen molar-refractivity contribution in [2.75, 3.05) is 0 Å². The van der Waals surface area contributed by atoms with E-state index >= 15 is 0 Å². The lowest BCUT2D eigenvalue weighted by Gasteiger charge is -2.18. The fourth-order valence-corrected chi connectivity index (χ4v) is 1.87. The molecule has 98 valence electrons. The van der Waals surface area contributed by atoms with Crippen molar-refractivity contribution in [3.63, 3.8) is 0 Å². The molecule has 0 heterocycles. The number of nitriles is 2. The number of nitrogens with zero attached hydrogens (tertiary/aromatic N) is 2. The van der Waals surface area contributed by atoms with Crippen LogP contribution in [0.1, 0.15) is 34.5 Å². The molecule has 2 aromatic rings. The van der Waals surface area contributed by atoms with Gasteiger partial charge in [0, 0.05) is 0 Å². The standard InChI is InChI=1S/C16H12N2O2/c17-9-11-1-5-13(6-2-11)15(19)16(20)14-7-3-12(10-18)4-8-14/h1-8,15-16,19-20H/t15-,16+. The Hall–Kier alpha value is -2.66. The van der Waals surface area contributed by atoms with Gasteiger partial charge >= 0.3 is 0 Å². The van der Waals surface area contributed by atoms with E-state index in [1.165, 1.54) is 0 Å². The molecule has 0 aromatic heterocycles. The lowest BCUT2D eigenvalue weighted by molar-refractivity contribution is 0.0172. The molecule has 4 heteroatoms. The molecule has 0 aliphatic carbocycles. The van der Waals surface area contributed by atoms with Gasteiger partial charge in [-0.3, -0.25) is 0 Å². The van der Waals surface area contributed by atoms with Crippen LogP contribution in [0.25, 0.3) is 0 Å². The third-order valence-electron chi connectivity index (χ3n) is 3.06. The minimum atomic E-state index is -1.09. The fourth-order valence-electron chi connectivity index (χ4n) is 1.87. The SMILES string of the molecule is N#Cc1ccc([C@@H](O)[C@@H](O)c2ccc(C#N)cc2)cc1. The van der Waals surface area contributed by atoms with Crippen molar-refractivity contribution in [1.82, 2.24) is 0 Å². The molecule has 0 spiro atoms. The molecule has 0 aliphatic heterocycles. The molecule has 0 aliphatic rings. The quantitative estimate of drug-likeness (QED) is 0.889. The number of rotatable bonds is 3. The molecule has 2 atom stereocenters. The predicted octanol–water partition coefficient (Wildman–Crippen LogP) is 2.20. The monoisotopic (exact) mass is 264 g/mol. The van der Waals surface area contributed by atoms with Crippen LogP contribution < -0.4 is 0 Å². The van der Waals surface area contributed by atoms with E-state index < -0.39 is 12.2 Å². The van der Waals surface area contributed by atoms with Crippen molar-refractivity contribution in [2.24, 2.45) is 0 Å². The van der Waals surface area contributed by atoms with E-state index in [0.717, 1.165) is 0 Å². The highest BCUT2D eigenvalue weighted by Crippen LogP contribution is 2.28. The van der Waals surface area contributed by atoms with Crippen molar-refractivity contribution in [3.05, 3.63) is 70.8 Å². The molecule has 0 saturated carbocycles. The van der Waals surface area contributed by atoms with E-state index in [0.29, 0.717) is 22.3 Å². The second-order valence-corrected chi connectivity index (χ2v) is 4.36. The largest absolute Gasteiger partial charge is 0.385 e. The lowest BCUT2D eigenvalue weighted by Crippen LogP contribution is -2.10. The Morgan fingerprint density at radius 2 is 0.950 bits per heavy atom. The normalized spacial score (nSPS) is 13.0. The summed E-state index contributed by atoms with van der Waals surface area (Å²) in [7, 11) is 0. The summed E-state index contributed by atoms with van der Waals surface area (Å²) in [6, 6.07) is 16.8. The summed E-state index contributed by atoms with van der Waals surface area (Å²) in [6.07, 6.45) is -2.17. The number of hydrogen-bond acceptors (Lipinski definition) is 4. The summed E-state index contributed by atoms with van der Waals surface area (Å²) in [5.41, 5.74) is 2.05. The number of hydrogen-bond donors (Lipinski definition) is 2. The van der Waals surface area contributed by atoms with Gasteiger partial charge in [0.1, 0.15) is 12.2 Å². The molecule has 0 radical (unpaired) electrons. The Balaban J connectivity index is 2.20. The van der Waals surface area contributed by atoms with Gasteiger partial charge in [-0.1, -0.05) is 24.3 Å². The summed E-state index contributed by atoms with van der Waals surface area (Å²) in [4.78, 5) is 0. The molecule has 2 aromatic carbocycles. The summed E-state index contributed by atoms with van der Waals surface area (Å²) in [5, 5.41) is 37.7. The first kappa shape index (κ1) is 13.8. The van der Waals surface area contributed by atoms with Crippen molar-refractivity contribution in [3.8, 4) is 12.1 Å². The number of aliphatic hydroxyl groups excluding tert-OH is 2. The highest BCUT2D eigenvalue weighted by atomic mass is 16.3. The number of benzene rings is 2. The zero-order valence-corrected chi connectivity index (χ0v) is 10.6. The first-order valence-corrected chi connectivity index (χ1v) is 6.02. The Morgan fingerprint density at radius 3 is 1.20 bits per heavy atom. The van der Waals surface area contributed by atoms with Gasteiger partial charge in [-0.05, 0) is 35.4 Å². The second-order valence-electron chi connectivity index (χ2n) is 4.36. The molecule has 0 fully saturated rings. The second kappa shape index (κ2) is 5.99. The zero-order chi connectivity index (χ0) is 14.5. The maximum Gasteiger partial charge on any atom is 0.109 e. The van der Waals surface area contributed by atoms with E-state index in [2.05, 4.69) is 0 Å². The van der Waals surface area contributed by atoms with Crippen LogP contribution in [0.2, 0.25) is 0 Å². The summed E-state index contributed by atoms with van der Waals surface area (Å²) >= 11 is 0. The van der Waals surface area contributed by atoms with Crippen LogP contribution in [0.5, 0.6) is 0 Å². The Bertz CT molecular complexity index is 602. The molecule has 2 N–H and O–H groups in total. The third-order valence-corrected chi connectivity index (χ3v) is 3.06. The van der Waals surface area contributed by atoms with Crippen molar-refractivity contribution >= 4 is 0 Å². The van der Waals surface area contributed by atoms with Crippen LogP contribution in [0.4, 0.5) is 0 Å². The van der Waals surface area contributed by atoms with Gasteiger partial charge in [0.25, 0.3) is 0 Å². The predicted molar refractivity (Wildman–Crippen MR) is 72.2 cm³/mol. The molecule has 0 unspecified atom stereocenters. The molecule has 0 bridgehead atoms. The first-order chi connectivity index (χ1) is 9.65. The van der Waals surface area contributed by atoms with E-state index in [1.807, 2.05) is 12.1 Å². The van der Waals surface area contributed by atoms with Crippen molar-refractivity contribution < 1.29 is 10.2 Å². The van der Waals surface area contributed by atoms with Crippen LogP contribution in [-0.4, -0.2) is 10.2 Å². The lowest BCUT2D eigenvalue weighted by atomic mass is 9.97. The van der Waals surface area contributed by atoms with E-state index in [4.69, 9.17) is 10.5 Å². The molecule has 2 rings (SSSR count). The molecule has 4 nitrogen and oxygen atoms in total. The molecular weight excluding hydrogens is 252 g/mol. The smallest absolute Gasteiger partial charge is 0.109 e. The minimum Gasteiger partial charge on any atom is -0.385 e. The van der Waals surface area contributed by atoms with Crippen molar-refractivity contribution in [2.45, 2.75) is 12.2 Å². The summed E-state index contributed by atoms with van der Waals surface area (Å²) in [6.45, 7) is 0. The van der Waals surface area contributed by atoms with Gasteiger partial charge in [0.05, 0.1) is 23.3 Å². The van der Waals surface area contributed by atoms with Crippen LogP contribution in [0.3, 0.4) is 0 Å². The van der Waals surface area contributed by atoms with Gasteiger partial charge in [0.2, 0.25) is 0 Å².